The zero-order valence-corrected chi connectivity index (χ0v) is 17.6. The molecule has 6 heteroatoms. The Kier molecular flexibility index (Phi) is 8.12. The Balaban J connectivity index is 1.50. The lowest BCUT2D eigenvalue weighted by Crippen LogP contribution is -2.36. The standard InChI is InChI=1S/C24H31N3O3/c1-2-14-30-22-13-7-12-21(16-22)26-23(28)17-25-20-11-6-8-18(15-20)24(29)27-19-9-4-3-5-10-19/h6-8,11-13,15-16,19,25H,2-5,9-10,14,17H2,1H3,(H,26,28)(H,27,29). The molecule has 30 heavy (non-hydrogen) atoms. The summed E-state index contributed by atoms with van der Waals surface area (Å²) >= 11 is 0. The summed E-state index contributed by atoms with van der Waals surface area (Å²) in [6.45, 7) is 2.79. The molecule has 0 atom stereocenters. The van der Waals surface area contributed by atoms with Gasteiger partial charge < -0.3 is 20.7 Å². The van der Waals surface area contributed by atoms with Crippen molar-refractivity contribution in [1.29, 1.82) is 0 Å². The smallest absolute Gasteiger partial charge is 0.251 e. The third-order valence-electron chi connectivity index (χ3n) is 5.11. The third kappa shape index (κ3) is 6.79. The van der Waals surface area contributed by atoms with Gasteiger partial charge in [0.15, 0.2) is 0 Å². The topological polar surface area (TPSA) is 79.5 Å². The fourth-order valence-corrected chi connectivity index (χ4v) is 3.56. The molecule has 0 spiro atoms. The molecule has 2 amide bonds. The number of nitrogens with one attached hydrogen (secondary N) is 3. The Morgan fingerprint density at radius 3 is 2.57 bits per heavy atom. The van der Waals surface area contributed by atoms with E-state index in [-0.39, 0.29) is 24.4 Å². The van der Waals surface area contributed by atoms with Crippen LogP contribution in [0.5, 0.6) is 5.75 Å². The van der Waals surface area contributed by atoms with Crippen LogP contribution in [0.25, 0.3) is 0 Å². The Morgan fingerprint density at radius 1 is 1.00 bits per heavy atom. The zero-order chi connectivity index (χ0) is 21.2. The molecule has 160 valence electrons. The number of hydrogen-bond acceptors (Lipinski definition) is 4. The second-order valence-corrected chi connectivity index (χ2v) is 7.67. The molecule has 0 bridgehead atoms. The number of carbonyl (C=O) groups excluding carboxylic acids is 2. The molecular formula is C24H31N3O3. The van der Waals surface area contributed by atoms with Crippen LogP contribution in [0.4, 0.5) is 11.4 Å². The van der Waals surface area contributed by atoms with Crippen LogP contribution in [0.3, 0.4) is 0 Å². The minimum absolute atomic E-state index is 0.0566. The molecule has 0 saturated heterocycles. The summed E-state index contributed by atoms with van der Waals surface area (Å²) in [5, 5.41) is 9.07. The molecule has 1 fully saturated rings. The van der Waals surface area contributed by atoms with Gasteiger partial charge in [0.25, 0.3) is 5.91 Å². The molecule has 0 unspecified atom stereocenters. The highest BCUT2D eigenvalue weighted by Crippen LogP contribution is 2.19. The van der Waals surface area contributed by atoms with Crippen LogP contribution in [-0.4, -0.2) is 31.0 Å². The molecule has 0 aliphatic heterocycles. The molecule has 6 nitrogen and oxygen atoms in total. The monoisotopic (exact) mass is 409 g/mol. The average Bonchev–Trinajstić information content (AvgIpc) is 2.77. The second-order valence-electron chi connectivity index (χ2n) is 7.67. The highest BCUT2D eigenvalue weighted by molar-refractivity contribution is 5.96. The summed E-state index contributed by atoms with van der Waals surface area (Å²) in [6.07, 6.45) is 6.63. The first-order chi connectivity index (χ1) is 14.6. The summed E-state index contributed by atoms with van der Waals surface area (Å²) in [6, 6.07) is 14.9. The molecule has 2 aromatic rings. The van der Waals surface area contributed by atoms with Crippen molar-refractivity contribution in [3.63, 3.8) is 0 Å². The van der Waals surface area contributed by atoms with Crippen molar-refractivity contribution < 1.29 is 14.3 Å². The molecule has 3 N–H and O–H groups in total. The minimum atomic E-state index is -0.167. The van der Waals surface area contributed by atoms with Crippen LogP contribution >= 0.6 is 0 Å². The average molecular weight is 410 g/mol. The number of anilines is 2. The van der Waals surface area contributed by atoms with Crippen molar-refractivity contribution >= 4 is 23.2 Å². The van der Waals surface area contributed by atoms with E-state index < -0.39 is 0 Å². The van der Waals surface area contributed by atoms with Gasteiger partial charge in [-0.1, -0.05) is 38.3 Å². The van der Waals surface area contributed by atoms with Gasteiger partial charge in [0.05, 0.1) is 13.2 Å². The quantitative estimate of drug-likeness (QED) is 0.566. The molecule has 2 aromatic carbocycles. The molecule has 1 aliphatic carbocycles. The molecule has 0 radical (unpaired) electrons. The summed E-state index contributed by atoms with van der Waals surface area (Å²) in [4.78, 5) is 24.8. The number of carbonyl (C=O) groups is 2. The van der Waals surface area contributed by atoms with Crippen molar-refractivity contribution in [3.05, 3.63) is 54.1 Å². The van der Waals surface area contributed by atoms with E-state index >= 15 is 0 Å². The van der Waals surface area contributed by atoms with E-state index in [0.29, 0.717) is 17.9 Å². The van der Waals surface area contributed by atoms with Crippen LogP contribution in [0.1, 0.15) is 55.8 Å². The summed E-state index contributed by atoms with van der Waals surface area (Å²) in [5.74, 6) is 0.512. The number of ether oxygens (including phenoxy) is 1. The maximum absolute atomic E-state index is 12.5. The first-order valence-corrected chi connectivity index (χ1v) is 10.8. The largest absolute Gasteiger partial charge is 0.494 e. The van der Waals surface area contributed by atoms with Crippen LogP contribution in [0.15, 0.2) is 48.5 Å². The highest BCUT2D eigenvalue weighted by atomic mass is 16.5. The van der Waals surface area contributed by atoms with Gasteiger partial charge in [-0.2, -0.15) is 0 Å². The van der Waals surface area contributed by atoms with Gasteiger partial charge in [-0.05, 0) is 49.6 Å². The maximum Gasteiger partial charge on any atom is 0.251 e. The van der Waals surface area contributed by atoms with E-state index in [2.05, 4.69) is 16.0 Å². The fourth-order valence-electron chi connectivity index (χ4n) is 3.56. The molecule has 0 heterocycles. The predicted octanol–water partition coefficient (Wildman–Crippen LogP) is 4.59. The maximum atomic E-state index is 12.5. The van der Waals surface area contributed by atoms with Crippen molar-refractivity contribution in [1.82, 2.24) is 5.32 Å². The third-order valence-corrected chi connectivity index (χ3v) is 5.11. The number of rotatable bonds is 9. The molecule has 0 aromatic heterocycles. The predicted molar refractivity (Wildman–Crippen MR) is 120 cm³/mol. The van der Waals surface area contributed by atoms with Gasteiger partial charge in [-0.3, -0.25) is 9.59 Å². The van der Waals surface area contributed by atoms with Gasteiger partial charge in [-0.15, -0.1) is 0 Å². The van der Waals surface area contributed by atoms with Crippen molar-refractivity contribution in [3.8, 4) is 5.75 Å². The summed E-state index contributed by atoms with van der Waals surface area (Å²) in [7, 11) is 0. The zero-order valence-electron chi connectivity index (χ0n) is 17.6. The van der Waals surface area contributed by atoms with E-state index in [4.69, 9.17) is 4.74 Å². The van der Waals surface area contributed by atoms with E-state index in [1.807, 2.05) is 43.3 Å². The van der Waals surface area contributed by atoms with Gasteiger partial charge in [0, 0.05) is 29.0 Å². The van der Waals surface area contributed by atoms with Crippen LogP contribution in [-0.2, 0) is 4.79 Å². The Bertz CT molecular complexity index is 847. The Hall–Kier alpha value is -3.02. The highest BCUT2D eigenvalue weighted by Gasteiger charge is 2.16. The summed E-state index contributed by atoms with van der Waals surface area (Å²) in [5.41, 5.74) is 2.03. The first-order valence-electron chi connectivity index (χ1n) is 10.8. The van der Waals surface area contributed by atoms with Crippen LogP contribution in [0.2, 0.25) is 0 Å². The Morgan fingerprint density at radius 2 is 1.77 bits per heavy atom. The van der Waals surface area contributed by atoms with Gasteiger partial charge in [-0.25, -0.2) is 0 Å². The van der Waals surface area contributed by atoms with E-state index in [9.17, 15) is 9.59 Å². The number of hydrogen-bond donors (Lipinski definition) is 3. The van der Waals surface area contributed by atoms with Gasteiger partial charge in [0.1, 0.15) is 5.75 Å². The van der Waals surface area contributed by atoms with E-state index in [1.54, 1.807) is 12.1 Å². The van der Waals surface area contributed by atoms with Crippen molar-refractivity contribution in [2.75, 3.05) is 23.8 Å². The molecule has 1 aliphatic rings. The molecular weight excluding hydrogens is 378 g/mol. The minimum Gasteiger partial charge on any atom is -0.494 e. The van der Waals surface area contributed by atoms with Gasteiger partial charge in [0.2, 0.25) is 5.91 Å². The SMILES string of the molecule is CCCOc1cccc(NC(=O)CNc2cccc(C(=O)NC3CCCCC3)c2)c1. The lowest BCUT2D eigenvalue weighted by atomic mass is 9.95. The van der Waals surface area contributed by atoms with E-state index in [0.717, 1.165) is 30.7 Å². The lowest BCUT2D eigenvalue weighted by Gasteiger charge is -2.22. The number of benzene rings is 2. The molecule has 3 rings (SSSR count). The van der Waals surface area contributed by atoms with Gasteiger partial charge >= 0.3 is 0 Å². The second kappa shape index (κ2) is 11.2. The first kappa shape index (κ1) is 21.7. The van der Waals surface area contributed by atoms with Crippen molar-refractivity contribution in [2.45, 2.75) is 51.5 Å². The lowest BCUT2D eigenvalue weighted by molar-refractivity contribution is -0.114. The fraction of sp³-hybridized carbons (Fsp3) is 0.417. The normalized spacial score (nSPS) is 14.0. The van der Waals surface area contributed by atoms with Crippen LogP contribution in [0, 0.1) is 0 Å². The van der Waals surface area contributed by atoms with Crippen LogP contribution < -0.4 is 20.7 Å². The molecule has 1 saturated carbocycles. The summed E-state index contributed by atoms with van der Waals surface area (Å²) < 4.78 is 5.59. The Labute approximate surface area is 178 Å². The number of amides is 2. The van der Waals surface area contributed by atoms with Crippen molar-refractivity contribution in [2.24, 2.45) is 0 Å². The van der Waals surface area contributed by atoms with E-state index in [1.165, 1.54) is 19.3 Å².